The number of ether oxygens (including phenoxy) is 1. The molecule has 0 fully saturated rings. The van der Waals surface area contributed by atoms with Crippen molar-refractivity contribution in [2.24, 2.45) is 5.92 Å². The number of nitrogens with zero attached hydrogens (tertiary/aromatic N) is 3. The van der Waals surface area contributed by atoms with Gasteiger partial charge in [-0.25, -0.2) is 9.67 Å². The van der Waals surface area contributed by atoms with Crippen molar-refractivity contribution in [1.82, 2.24) is 14.8 Å². The molecule has 2 rings (SSSR count). The zero-order valence-electron chi connectivity index (χ0n) is 12.5. The minimum Gasteiger partial charge on any atom is -0.493 e. The van der Waals surface area contributed by atoms with Gasteiger partial charge in [0.05, 0.1) is 13.0 Å². The summed E-state index contributed by atoms with van der Waals surface area (Å²) in [6.45, 7) is 5.40. The highest BCUT2D eigenvalue weighted by atomic mass is 16.5. The molecule has 0 N–H and O–H groups in total. The van der Waals surface area contributed by atoms with Crippen molar-refractivity contribution in [3.05, 3.63) is 42.5 Å². The Morgan fingerprint density at radius 3 is 2.76 bits per heavy atom. The molecule has 1 aromatic heterocycles. The van der Waals surface area contributed by atoms with Gasteiger partial charge >= 0.3 is 0 Å². The summed E-state index contributed by atoms with van der Waals surface area (Å²) in [7, 11) is 0. The Morgan fingerprint density at radius 2 is 2.05 bits per heavy atom. The summed E-state index contributed by atoms with van der Waals surface area (Å²) in [6.07, 6.45) is 2.19. The minimum absolute atomic E-state index is 0.115. The van der Waals surface area contributed by atoms with Gasteiger partial charge in [-0.2, -0.15) is 5.10 Å². The van der Waals surface area contributed by atoms with Gasteiger partial charge in [-0.15, -0.1) is 0 Å². The van der Waals surface area contributed by atoms with Crippen LogP contribution >= 0.6 is 0 Å². The third-order valence-electron chi connectivity index (χ3n) is 2.98. The van der Waals surface area contributed by atoms with Crippen LogP contribution in [0.2, 0.25) is 0 Å². The lowest BCUT2D eigenvalue weighted by Gasteiger charge is -2.08. The molecule has 0 aliphatic heterocycles. The number of hydrogen-bond donors (Lipinski definition) is 0. The van der Waals surface area contributed by atoms with Crippen molar-refractivity contribution in [2.45, 2.75) is 33.2 Å². The monoisotopic (exact) mass is 287 g/mol. The summed E-state index contributed by atoms with van der Waals surface area (Å²) in [5.41, 5.74) is 0. The summed E-state index contributed by atoms with van der Waals surface area (Å²) < 4.78 is 7.33. The van der Waals surface area contributed by atoms with Gasteiger partial charge in [0.15, 0.2) is 0 Å². The van der Waals surface area contributed by atoms with Crippen LogP contribution in [-0.4, -0.2) is 27.2 Å². The number of aromatic nitrogens is 3. The number of Topliss-reactive ketones (excluding diaryl/α,β-unsaturated/α-hetero) is 1. The van der Waals surface area contributed by atoms with Crippen LogP contribution in [0.1, 0.15) is 26.1 Å². The fourth-order valence-corrected chi connectivity index (χ4v) is 1.99. The SMILES string of the molecule is CC(C)Cn1ncnc1CC(=O)CCOc1ccccc1. The summed E-state index contributed by atoms with van der Waals surface area (Å²) in [6, 6.07) is 9.50. The van der Waals surface area contributed by atoms with E-state index in [4.69, 9.17) is 4.74 Å². The number of ketones is 1. The zero-order valence-corrected chi connectivity index (χ0v) is 12.5. The first-order valence-corrected chi connectivity index (χ1v) is 7.21. The smallest absolute Gasteiger partial charge is 0.143 e. The third-order valence-corrected chi connectivity index (χ3v) is 2.98. The van der Waals surface area contributed by atoms with Crippen LogP contribution in [0, 0.1) is 5.92 Å². The number of para-hydroxylation sites is 1. The van der Waals surface area contributed by atoms with Crippen LogP contribution in [0.4, 0.5) is 0 Å². The fraction of sp³-hybridized carbons (Fsp3) is 0.438. The standard InChI is InChI=1S/C16H21N3O2/c1-13(2)11-19-16(17-12-18-19)10-14(20)8-9-21-15-6-4-3-5-7-15/h3-7,12-13H,8-11H2,1-2H3. The maximum absolute atomic E-state index is 12.0. The van der Waals surface area contributed by atoms with E-state index in [-0.39, 0.29) is 5.78 Å². The second-order valence-corrected chi connectivity index (χ2v) is 5.38. The van der Waals surface area contributed by atoms with Crippen LogP contribution < -0.4 is 4.74 Å². The highest BCUT2D eigenvalue weighted by Gasteiger charge is 2.11. The van der Waals surface area contributed by atoms with Gasteiger partial charge in [-0.3, -0.25) is 4.79 Å². The lowest BCUT2D eigenvalue weighted by Crippen LogP contribution is -2.15. The van der Waals surface area contributed by atoms with Crippen molar-refractivity contribution in [2.75, 3.05) is 6.61 Å². The molecule has 0 aliphatic carbocycles. The van der Waals surface area contributed by atoms with Gasteiger partial charge in [0.1, 0.15) is 23.7 Å². The van der Waals surface area contributed by atoms with Gasteiger partial charge in [-0.1, -0.05) is 32.0 Å². The molecule has 0 saturated carbocycles. The average molecular weight is 287 g/mol. The molecule has 0 bridgehead atoms. The molecule has 0 aliphatic rings. The highest BCUT2D eigenvalue weighted by molar-refractivity contribution is 5.80. The molecule has 1 aromatic carbocycles. The molecule has 0 atom stereocenters. The van der Waals surface area contributed by atoms with E-state index in [2.05, 4.69) is 23.9 Å². The number of carbonyl (C=O) groups excluding carboxylic acids is 1. The van der Waals surface area contributed by atoms with E-state index < -0.39 is 0 Å². The van der Waals surface area contributed by atoms with Crippen LogP contribution in [0.3, 0.4) is 0 Å². The van der Waals surface area contributed by atoms with Crippen molar-refractivity contribution in [3.63, 3.8) is 0 Å². The molecule has 0 saturated heterocycles. The quantitative estimate of drug-likeness (QED) is 0.748. The maximum atomic E-state index is 12.0. The number of benzene rings is 1. The molecule has 0 unspecified atom stereocenters. The fourth-order valence-electron chi connectivity index (χ4n) is 1.99. The Morgan fingerprint density at radius 1 is 1.29 bits per heavy atom. The molecule has 1 heterocycles. The Kier molecular flexibility index (Phi) is 5.49. The van der Waals surface area contributed by atoms with E-state index in [1.165, 1.54) is 6.33 Å². The number of hydrogen-bond acceptors (Lipinski definition) is 4. The Labute approximate surface area is 125 Å². The van der Waals surface area contributed by atoms with E-state index in [0.29, 0.717) is 25.4 Å². The van der Waals surface area contributed by atoms with Crippen molar-refractivity contribution in [3.8, 4) is 5.75 Å². The van der Waals surface area contributed by atoms with Crippen LogP contribution in [-0.2, 0) is 17.8 Å². The lowest BCUT2D eigenvalue weighted by molar-refractivity contribution is -0.119. The molecule has 5 nitrogen and oxygen atoms in total. The maximum Gasteiger partial charge on any atom is 0.143 e. The average Bonchev–Trinajstić information content (AvgIpc) is 2.86. The van der Waals surface area contributed by atoms with Gasteiger partial charge in [-0.05, 0) is 18.1 Å². The lowest BCUT2D eigenvalue weighted by atomic mass is 10.2. The van der Waals surface area contributed by atoms with Crippen LogP contribution in [0.5, 0.6) is 5.75 Å². The van der Waals surface area contributed by atoms with Gasteiger partial charge in [0.2, 0.25) is 0 Å². The number of rotatable bonds is 8. The third kappa shape index (κ3) is 5.02. The predicted octanol–water partition coefficient (Wildman–Crippen LogP) is 2.51. The molecular formula is C16H21N3O2. The molecule has 5 heteroatoms. The first-order valence-electron chi connectivity index (χ1n) is 7.21. The molecule has 112 valence electrons. The minimum atomic E-state index is 0.115. The second kappa shape index (κ2) is 7.57. The van der Waals surface area contributed by atoms with Crippen LogP contribution in [0.25, 0.3) is 0 Å². The van der Waals surface area contributed by atoms with E-state index in [1.807, 2.05) is 30.3 Å². The topological polar surface area (TPSA) is 57.0 Å². The first kappa shape index (κ1) is 15.2. The molecule has 0 spiro atoms. The van der Waals surface area contributed by atoms with E-state index in [1.54, 1.807) is 4.68 Å². The molecular weight excluding hydrogens is 266 g/mol. The number of carbonyl (C=O) groups is 1. The van der Waals surface area contributed by atoms with E-state index in [0.717, 1.165) is 18.1 Å². The van der Waals surface area contributed by atoms with Crippen molar-refractivity contribution < 1.29 is 9.53 Å². The van der Waals surface area contributed by atoms with Gasteiger partial charge in [0.25, 0.3) is 0 Å². The van der Waals surface area contributed by atoms with Crippen molar-refractivity contribution >= 4 is 5.78 Å². The Bertz CT molecular complexity index is 564. The predicted molar refractivity (Wildman–Crippen MR) is 80.1 cm³/mol. The summed E-state index contributed by atoms with van der Waals surface area (Å²) in [4.78, 5) is 16.1. The Hall–Kier alpha value is -2.17. The molecule has 0 radical (unpaired) electrons. The van der Waals surface area contributed by atoms with Crippen LogP contribution in [0.15, 0.2) is 36.7 Å². The molecule has 21 heavy (non-hydrogen) atoms. The Balaban J connectivity index is 1.78. The highest BCUT2D eigenvalue weighted by Crippen LogP contribution is 2.09. The molecule has 2 aromatic rings. The summed E-state index contributed by atoms with van der Waals surface area (Å²) >= 11 is 0. The van der Waals surface area contributed by atoms with Crippen molar-refractivity contribution in [1.29, 1.82) is 0 Å². The van der Waals surface area contributed by atoms with E-state index in [9.17, 15) is 4.79 Å². The largest absolute Gasteiger partial charge is 0.493 e. The molecule has 0 amide bonds. The first-order chi connectivity index (χ1) is 10.1. The zero-order chi connectivity index (χ0) is 15.1. The van der Waals surface area contributed by atoms with Gasteiger partial charge < -0.3 is 4.74 Å². The second-order valence-electron chi connectivity index (χ2n) is 5.38. The van der Waals surface area contributed by atoms with E-state index >= 15 is 0 Å². The normalized spacial score (nSPS) is 10.8. The summed E-state index contributed by atoms with van der Waals surface area (Å²) in [5.74, 6) is 2.10. The summed E-state index contributed by atoms with van der Waals surface area (Å²) in [5, 5.41) is 4.16. The van der Waals surface area contributed by atoms with Gasteiger partial charge in [0, 0.05) is 13.0 Å².